The molecule has 0 aliphatic heterocycles. The van der Waals surface area contributed by atoms with Gasteiger partial charge in [0.25, 0.3) is 0 Å². The molecule has 0 atom stereocenters. The molecule has 40 valence electrons. The average Bonchev–Trinajstić information content (AvgIpc) is 1.30. The largest absolute Gasteiger partial charge is 0.497 e. The predicted molar refractivity (Wildman–Crippen MR) is 19.9 cm³/mol. The molecule has 0 aromatic rings. The number of hydrogen-bond donors (Lipinski definition) is 0. The van der Waals surface area contributed by atoms with Gasteiger partial charge in [-0.2, -0.15) is 8.42 Å². The van der Waals surface area contributed by atoms with Gasteiger partial charge >= 0.3 is 10.5 Å². The van der Waals surface area contributed by atoms with Crippen molar-refractivity contribution in [1.82, 2.24) is 0 Å². The second-order valence-electron chi connectivity index (χ2n) is 0.594. The van der Waals surface area contributed by atoms with Gasteiger partial charge in [-0.15, -0.1) is 0 Å². The summed E-state index contributed by atoms with van der Waals surface area (Å²) in [6.07, 6.45) is 5.37. The maximum Gasteiger partial charge on any atom is 0.497 e. The fourth-order valence-electron chi connectivity index (χ4n) is 0.0575. The smallest absolute Gasteiger partial charge is 0.304 e. The van der Waals surface area contributed by atoms with Crippen molar-refractivity contribution in [3.05, 3.63) is 0 Å². The third-order valence-corrected chi connectivity index (χ3v) is 0.443. The first-order valence-corrected chi connectivity index (χ1v) is 2.46. The van der Waals surface area contributed by atoms with E-state index >= 15 is 0 Å². The van der Waals surface area contributed by atoms with Gasteiger partial charge < -0.3 is 4.18 Å². The third kappa shape index (κ3) is 5.24. The van der Waals surface area contributed by atoms with Gasteiger partial charge in [0, 0.05) is 0 Å². The van der Waals surface area contributed by atoms with Gasteiger partial charge in [-0.25, -0.2) is 0 Å². The Bertz CT molecular complexity index is 174. The molecule has 0 radical (unpaired) electrons. The normalized spacial score (nSPS) is 9.71. The van der Waals surface area contributed by atoms with Crippen LogP contribution in [0.1, 0.15) is 0 Å². The van der Waals surface area contributed by atoms with Crippen molar-refractivity contribution in [3.8, 4) is 12.5 Å². The fourth-order valence-corrected chi connectivity index (χ4v) is 0.172. The lowest BCUT2D eigenvalue weighted by atomic mass is 11.3. The van der Waals surface area contributed by atoms with Crippen LogP contribution in [-0.4, -0.2) is 8.42 Å². The van der Waals surface area contributed by atoms with Crippen molar-refractivity contribution in [1.29, 1.82) is 0 Å². The topological polar surface area (TPSA) is 43.4 Å². The van der Waals surface area contributed by atoms with E-state index < -0.39 is 10.5 Å². The van der Waals surface area contributed by atoms with Gasteiger partial charge in [0.1, 0.15) is 6.11 Å². The summed E-state index contributed by atoms with van der Waals surface area (Å²) in [5, 5.41) is 0. The summed E-state index contributed by atoms with van der Waals surface area (Å²) in [5.74, 6) is 0. The van der Waals surface area contributed by atoms with E-state index in [9.17, 15) is 12.3 Å². The van der Waals surface area contributed by atoms with E-state index in [0.717, 1.165) is 6.11 Å². The Labute approximate surface area is 40.5 Å². The van der Waals surface area contributed by atoms with Crippen LogP contribution in [0.25, 0.3) is 0 Å². The van der Waals surface area contributed by atoms with Crippen LogP contribution in [-0.2, 0) is 14.7 Å². The Morgan fingerprint density at radius 1 is 1.71 bits per heavy atom. The molecule has 0 fully saturated rings. The van der Waals surface area contributed by atoms with Crippen molar-refractivity contribution in [2.45, 2.75) is 0 Å². The first kappa shape index (κ1) is 6.24. The molecule has 0 aliphatic carbocycles. The number of rotatable bonds is 1. The van der Waals surface area contributed by atoms with Gasteiger partial charge in [-0.1, -0.05) is 10.3 Å². The van der Waals surface area contributed by atoms with Gasteiger partial charge in [0.2, 0.25) is 0 Å². The zero-order chi connectivity index (χ0) is 5.91. The Morgan fingerprint density at radius 3 is 2.14 bits per heavy atom. The molecule has 0 saturated carbocycles. The fraction of sp³-hybridized carbons (Fsp3) is 0. The van der Waals surface area contributed by atoms with Crippen LogP contribution in [0.5, 0.6) is 0 Å². The summed E-state index contributed by atoms with van der Waals surface area (Å²) >= 11 is 0. The first-order valence-electron chi connectivity index (χ1n) is 1.15. The lowest BCUT2D eigenvalue weighted by Crippen LogP contribution is -1.89. The highest BCUT2D eigenvalue weighted by Gasteiger charge is 2.02. The molecule has 0 unspecified atom stereocenters. The van der Waals surface area contributed by atoms with Gasteiger partial charge in [-0.05, 0) is 0 Å². The monoisotopic (exact) mass is 124 g/mol. The van der Waals surface area contributed by atoms with Crippen LogP contribution >= 0.6 is 0 Å². The minimum absolute atomic E-state index is 1.14. The minimum Gasteiger partial charge on any atom is -0.304 e. The SMILES string of the molecule is C#COS(=O)(=O)F. The third-order valence-electron chi connectivity index (χ3n) is 0.148. The summed E-state index contributed by atoms with van der Waals surface area (Å²) in [5.41, 5.74) is 0. The maximum atomic E-state index is 11.0. The molecule has 0 aromatic heterocycles. The molecule has 0 saturated heterocycles. The Kier molecular flexibility index (Phi) is 1.60. The molecular formula is C2HFO3S. The van der Waals surface area contributed by atoms with E-state index in [-0.39, 0.29) is 0 Å². The molecule has 0 N–H and O–H groups in total. The van der Waals surface area contributed by atoms with Gasteiger partial charge in [0.05, 0.1) is 0 Å². The molecule has 0 bridgehead atoms. The van der Waals surface area contributed by atoms with Crippen molar-refractivity contribution >= 4 is 10.5 Å². The van der Waals surface area contributed by atoms with Crippen molar-refractivity contribution < 1.29 is 16.5 Å². The molecule has 0 aliphatic rings. The maximum absolute atomic E-state index is 11.0. The Balaban J connectivity index is 3.92. The van der Waals surface area contributed by atoms with E-state index in [0.29, 0.717) is 0 Å². The summed E-state index contributed by atoms with van der Waals surface area (Å²) in [6, 6.07) is 0. The van der Waals surface area contributed by atoms with E-state index in [4.69, 9.17) is 0 Å². The molecule has 3 nitrogen and oxygen atoms in total. The molecule has 0 rings (SSSR count). The molecule has 0 heterocycles. The second kappa shape index (κ2) is 1.80. The van der Waals surface area contributed by atoms with Crippen molar-refractivity contribution in [2.24, 2.45) is 0 Å². The summed E-state index contributed by atoms with van der Waals surface area (Å²) in [7, 11) is -4.91. The number of terminal acetylenes is 1. The molecule has 7 heavy (non-hydrogen) atoms. The van der Waals surface area contributed by atoms with Crippen molar-refractivity contribution in [2.75, 3.05) is 0 Å². The summed E-state index contributed by atoms with van der Waals surface area (Å²) in [6.45, 7) is 0. The molecular weight excluding hydrogens is 123 g/mol. The molecule has 0 spiro atoms. The van der Waals surface area contributed by atoms with E-state index in [2.05, 4.69) is 10.6 Å². The van der Waals surface area contributed by atoms with Crippen LogP contribution in [0.15, 0.2) is 0 Å². The van der Waals surface area contributed by atoms with Crippen LogP contribution < -0.4 is 0 Å². The lowest BCUT2D eigenvalue weighted by molar-refractivity contribution is 0.421. The number of halogens is 1. The van der Waals surface area contributed by atoms with E-state index in [1.807, 2.05) is 0 Å². The van der Waals surface area contributed by atoms with Crippen LogP contribution in [0.4, 0.5) is 3.89 Å². The Hall–Kier alpha value is -0.760. The predicted octanol–water partition coefficient (Wildman–Crippen LogP) is -0.192. The molecule has 0 amide bonds. The van der Waals surface area contributed by atoms with Crippen LogP contribution in [0, 0.1) is 12.5 Å². The zero-order valence-corrected chi connectivity index (χ0v) is 3.90. The highest BCUT2D eigenvalue weighted by Crippen LogP contribution is 1.88. The highest BCUT2D eigenvalue weighted by atomic mass is 32.3. The van der Waals surface area contributed by atoms with Crippen molar-refractivity contribution in [3.63, 3.8) is 0 Å². The van der Waals surface area contributed by atoms with Crippen LogP contribution in [0.2, 0.25) is 0 Å². The van der Waals surface area contributed by atoms with Crippen LogP contribution in [0.3, 0.4) is 0 Å². The first-order chi connectivity index (χ1) is 3.06. The quantitative estimate of drug-likeness (QED) is 0.359. The minimum atomic E-state index is -4.91. The summed E-state index contributed by atoms with van der Waals surface area (Å²) in [4.78, 5) is 0. The number of hydrogen-bond acceptors (Lipinski definition) is 3. The molecule has 5 heteroatoms. The standard InChI is InChI=1S/C2HFO3S/c1-2-6-7(3,4)5/h1H. The zero-order valence-electron chi connectivity index (χ0n) is 3.09. The van der Waals surface area contributed by atoms with E-state index in [1.165, 1.54) is 0 Å². The van der Waals surface area contributed by atoms with Gasteiger partial charge in [-0.3, -0.25) is 0 Å². The molecule has 0 aromatic carbocycles. The lowest BCUT2D eigenvalue weighted by Gasteiger charge is -1.79. The summed E-state index contributed by atoms with van der Waals surface area (Å²) < 4.78 is 32.5. The van der Waals surface area contributed by atoms with Gasteiger partial charge in [0.15, 0.2) is 0 Å². The highest BCUT2D eigenvalue weighted by molar-refractivity contribution is 7.81. The average molecular weight is 124 g/mol. The Morgan fingerprint density at radius 2 is 2.14 bits per heavy atom. The van der Waals surface area contributed by atoms with E-state index in [1.54, 1.807) is 0 Å². The second-order valence-corrected chi connectivity index (χ2v) is 1.55.